The van der Waals surface area contributed by atoms with Gasteiger partial charge in [-0.1, -0.05) is 12.1 Å². The van der Waals surface area contributed by atoms with E-state index in [1.165, 1.54) is 5.56 Å². The van der Waals surface area contributed by atoms with E-state index in [1.54, 1.807) is 0 Å². The highest BCUT2D eigenvalue weighted by molar-refractivity contribution is 5.32. The lowest BCUT2D eigenvalue weighted by atomic mass is 9.98. The zero-order chi connectivity index (χ0) is 15.9. The first-order valence-corrected chi connectivity index (χ1v) is 8.06. The molecule has 1 fully saturated rings. The van der Waals surface area contributed by atoms with Crippen LogP contribution in [0.1, 0.15) is 25.0 Å². The molecule has 0 aliphatic carbocycles. The van der Waals surface area contributed by atoms with Crippen molar-refractivity contribution in [1.29, 1.82) is 5.26 Å². The second-order valence-corrected chi connectivity index (χ2v) is 6.41. The zero-order valence-corrected chi connectivity index (χ0v) is 13.5. The number of likely N-dealkylation sites (tertiary alicyclic amines) is 1. The lowest BCUT2D eigenvalue weighted by Gasteiger charge is -2.18. The molecule has 4 heteroatoms. The van der Waals surface area contributed by atoms with Crippen molar-refractivity contribution in [2.75, 3.05) is 32.8 Å². The van der Waals surface area contributed by atoms with Gasteiger partial charge in [-0.15, -0.1) is 0 Å². The van der Waals surface area contributed by atoms with Gasteiger partial charge in [0.1, 0.15) is 0 Å². The van der Waals surface area contributed by atoms with Gasteiger partial charge in [0.15, 0.2) is 0 Å². The van der Waals surface area contributed by atoms with Crippen molar-refractivity contribution in [3.63, 3.8) is 0 Å². The lowest BCUT2D eigenvalue weighted by molar-refractivity contribution is 0.0365. The molecule has 1 N–H and O–H groups in total. The van der Waals surface area contributed by atoms with Gasteiger partial charge in [0.25, 0.3) is 0 Å². The molecule has 0 radical (unpaired) electrons. The summed E-state index contributed by atoms with van der Waals surface area (Å²) in [5.74, 6) is 0.724. The molecular weight excluding hydrogens is 276 g/mol. The van der Waals surface area contributed by atoms with Crippen LogP contribution in [0, 0.1) is 23.2 Å². The number of nitriles is 1. The molecule has 2 rings (SSSR count). The first-order chi connectivity index (χ1) is 10.6. The number of hydrogen-bond acceptors (Lipinski definition) is 4. The fourth-order valence-corrected chi connectivity index (χ4v) is 3.01. The van der Waals surface area contributed by atoms with Crippen LogP contribution in [-0.2, 0) is 11.2 Å². The van der Waals surface area contributed by atoms with Crippen LogP contribution in [0.4, 0.5) is 0 Å². The van der Waals surface area contributed by atoms with Crippen LogP contribution < -0.4 is 0 Å². The SMILES string of the molecule is CC(C)OCC1CN(CCc2cccc(C#N)c2)CC1CO. The van der Waals surface area contributed by atoms with Gasteiger partial charge in [0, 0.05) is 38.1 Å². The average Bonchev–Trinajstić information content (AvgIpc) is 2.93. The summed E-state index contributed by atoms with van der Waals surface area (Å²) < 4.78 is 5.73. The summed E-state index contributed by atoms with van der Waals surface area (Å²) in [7, 11) is 0. The van der Waals surface area contributed by atoms with Gasteiger partial charge in [-0.25, -0.2) is 0 Å². The smallest absolute Gasteiger partial charge is 0.0991 e. The maximum Gasteiger partial charge on any atom is 0.0991 e. The highest BCUT2D eigenvalue weighted by Gasteiger charge is 2.32. The average molecular weight is 302 g/mol. The Balaban J connectivity index is 1.84. The normalized spacial score (nSPS) is 22.1. The third kappa shape index (κ3) is 4.81. The van der Waals surface area contributed by atoms with Crippen molar-refractivity contribution in [3.8, 4) is 6.07 Å². The first-order valence-electron chi connectivity index (χ1n) is 8.06. The number of rotatable bonds is 7. The highest BCUT2D eigenvalue weighted by atomic mass is 16.5. The number of aliphatic hydroxyl groups is 1. The fourth-order valence-electron chi connectivity index (χ4n) is 3.01. The van der Waals surface area contributed by atoms with Gasteiger partial charge in [-0.3, -0.25) is 0 Å². The maximum absolute atomic E-state index is 9.55. The van der Waals surface area contributed by atoms with E-state index in [9.17, 15) is 5.11 Å². The summed E-state index contributed by atoms with van der Waals surface area (Å²) in [6.07, 6.45) is 1.17. The van der Waals surface area contributed by atoms with Crippen molar-refractivity contribution >= 4 is 0 Å². The van der Waals surface area contributed by atoms with Crippen LogP contribution >= 0.6 is 0 Å². The molecule has 120 valence electrons. The predicted octanol–water partition coefficient (Wildman–Crippen LogP) is 2.07. The molecule has 1 heterocycles. The van der Waals surface area contributed by atoms with E-state index in [0.717, 1.165) is 38.2 Å². The summed E-state index contributed by atoms with van der Waals surface area (Å²) in [6.45, 7) is 7.92. The van der Waals surface area contributed by atoms with Crippen molar-refractivity contribution < 1.29 is 9.84 Å². The molecule has 1 aromatic carbocycles. The van der Waals surface area contributed by atoms with Crippen LogP contribution in [0.15, 0.2) is 24.3 Å². The van der Waals surface area contributed by atoms with Gasteiger partial charge in [-0.05, 0) is 38.0 Å². The largest absolute Gasteiger partial charge is 0.396 e. The number of ether oxygens (including phenoxy) is 1. The Morgan fingerprint density at radius 3 is 2.82 bits per heavy atom. The van der Waals surface area contributed by atoms with Gasteiger partial charge >= 0.3 is 0 Å². The van der Waals surface area contributed by atoms with Crippen molar-refractivity contribution in [2.24, 2.45) is 11.8 Å². The summed E-state index contributed by atoms with van der Waals surface area (Å²) >= 11 is 0. The Hall–Kier alpha value is -1.41. The van der Waals surface area contributed by atoms with E-state index in [4.69, 9.17) is 10.00 Å². The molecule has 0 saturated carbocycles. The van der Waals surface area contributed by atoms with Crippen LogP contribution in [0.2, 0.25) is 0 Å². The third-order valence-electron chi connectivity index (χ3n) is 4.30. The van der Waals surface area contributed by atoms with Crippen molar-refractivity contribution in [1.82, 2.24) is 4.90 Å². The van der Waals surface area contributed by atoms with Crippen LogP contribution in [0.5, 0.6) is 0 Å². The molecule has 4 nitrogen and oxygen atoms in total. The summed E-state index contributed by atoms with van der Waals surface area (Å²) in [6, 6.07) is 9.98. The Labute approximate surface area is 133 Å². The summed E-state index contributed by atoms with van der Waals surface area (Å²) in [5.41, 5.74) is 1.91. The Morgan fingerprint density at radius 1 is 1.36 bits per heavy atom. The highest BCUT2D eigenvalue weighted by Crippen LogP contribution is 2.24. The monoisotopic (exact) mass is 302 g/mol. The molecule has 0 bridgehead atoms. The molecular formula is C18H26N2O2. The van der Waals surface area contributed by atoms with Crippen LogP contribution in [0.3, 0.4) is 0 Å². The second kappa shape index (κ2) is 8.28. The first kappa shape index (κ1) is 17.0. The number of hydrogen-bond donors (Lipinski definition) is 1. The predicted molar refractivity (Wildman–Crippen MR) is 86.5 cm³/mol. The minimum absolute atomic E-state index is 0.229. The Morgan fingerprint density at radius 2 is 2.14 bits per heavy atom. The minimum atomic E-state index is 0.229. The number of benzene rings is 1. The zero-order valence-electron chi connectivity index (χ0n) is 13.5. The fraction of sp³-hybridized carbons (Fsp3) is 0.611. The lowest BCUT2D eigenvalue weighted by Crippen LogP contribution is -2.24. The van der Waals surface area contributed by atoms with Crippen LogP contribution in [0.25, 0.3) is 0 Å². The molecule has 22 heavy (non-hydrogen) atoms. The molecule has 1 aromatic rings. The second-order valence-electron chi connectivity index (χ2n) is 6.41. The van der Waals surface area contributed by atoms with E-state index in [1.807, 2.05) is 32.0 Å². The quantitative estimate of drug-likeness (QED) is 0.837. The van der Waals surface area contributed by atoms with E-state index < -0.39 is 0 Å². The Bertz CT molecular complexity index is 510. The van der Waals surface area contributed by atoms with E-state index >= 15 is 0 Å². The van der Waals surface area contributed by atoms with Gasteiger partial charge in [0.2, 0.25) is 0 Å². The van der Waals surface area contributed by atoms with E-state index in [2.05, 4.69) is 17.0 Å². The Kier molecular flexibility index (Phi) is 6.38. The van der Waals surface area contributed by atoms with Crippen LogP contribution in [-0.4, -0.2) is 49.0 Å². The standard InChI is InChI=1S/C18H26N2O2/c1-14(2)22-13-18-11-20(10-17(18)12-21)7-6-15-4-3-5-16(8-15)9-19/h3-5,8,14,17-18,21H,6-7,10-13H2,1-2H3. The topological polar surface area (TPSA) is 56.5 Å². The van der Waals surface area contributed by atoms with E-state index in [0.29, 0.717) is 11.8 Å². The van der Waals surface area contributed by atoms with Gasteiger partial charge in [-0.2, -0.15) is 5.26 Å². The molecule has 1 saturated heterocycles. The molecule has 0 aromatic heterocycles. The number of aliphatic hydroxyl groups excluding tert-OH is 1. The molecule has 0 spiro atoms. The van der Waals surface area contributed by atoms with E-state index in [-0.39, 0.29) is 12.7 Å². The summed E-state index contributed by atoms with van der Waals surface area (Å²) in [4.78, 5) is 2.40. The molecule has 2 atom stereocenters. The number of nitrogens with zero attached hydrogens (tertiary/aromatic N) is 2. The maximum atomic E-state index is 9.55. The third-order valence-corrected chi connectivity index (χ3v) is 4.30. The molecule has 0 amide bonds. The summed E-state index contributed by atoms with van der Waals surface area (Å²) in [5, 5.41) is 18.5. The molecule has 2 unspecified atom stereocenters. The molecule has 1 aliphatic heterocycles. The minimum Gasteiger partial charge on any atom is -0.396 e. The van der Waals surface area contributed by atoms with Gasteiger partial charge < -0.3 is 14.7 Å². The van der Waals surface area contributed by atoms with Gasteiger partial charge in [0.05, 0.1) is 24.3 Å². The van der Waals surface area contributed by atoms with Crippen molar-refractivity contribution in [2.45, 2.75) is 26.4 Å². The molecule has 1 aliphatic rings. The van der Waals surface area contributed by atoms with Crippen molar-refractivity contribution in [3.05, 3.63) is 35.4 Å².